The fraction of sp³-hybridized carbons (Fsp3) is 0.579. The first kappa shape index (κ1) is 18.1. The van der Waals surface area contributed by atoms with Crippen molar-refractivity contribution in [1.82, 2.24) is 9.80 Å². The molecule has 0 bridgehead atoms. The number of amides is 2. The molecule has 0 aliphatic carbocycles. The molecule has 3 saturated heterocycles. The van der Waals surface area contributed by atoms with E-state index in [4.69, 9.17) is 23.2 Å². The lowest BCUT2D eigenvalue weighted by molar-refractivity contribution is -0.142. The lowest BCUT2D eigenvalue weighted by Crippen LogP contribution is -2.57. The Morgan fingerprint density at radius 1 is 1.00 bits per heavy atom. The Kier molecular flexibility index (Phi) is 5.13. The first-order valence-corrected chi connectivity index (χ1v) is 10.1. The predicted octanol–water partition coefficient (Wildman–Crippen LogP) is 3.04. The van der Waals surface area contributed by atoms with Gasteiger partial charge in [-0.2, -0.15) is 0 Å². The Balaban J connectivity index is 1.44. The minimum atomic E-state index is -0.570. The van der Waals surface area contributed by atoms with Gasteiger partial charge in [0, 0.05) is 37.9 Å². The average molecular weight is 396 g/mol. The second-order valence-electron chi connectivity index (χ2n) is 7.40. The van der Waals surface area contributed by atoms with Gasteiger partial charge in [0.25, 0.3) is 0 Å². The Morgan fingerprint density at radius 2 is 1.85 bits per heavy atom. The third kappa shape index (κ3) is 3.32. The molecule has 7 heteroatoms. The molecule has 3 aliphatic rings. The number of carbonyl (C=O) groups excluding carboxylic acids is 2. The fourth-order valence-electron chi connectivity index (χ4n) is 4.39. The third-order valence-corrected chi connectivity index (χ3v) is 6.61. The van der Waals surface area contributed by atoms with Gasteiger partial charge in [-0.15, -0.1) is 0 Å². The Labute approximate surface area is 163 Å². The first-order chi connectivity index (χ1) is 12.5. The third-order valence-electron chi connectivity index (χ3n) is 5.87. The van der Waals surface area contributed by atoms with Crippen molar-refractivity contribution < 1.29 is 9.59 Å². The zero-order valence-corrected chi connectivity index (χ0v) is 16.2. The van der Waals surface area contributed by atoms with E-state index in [0.29, 0.717) is 34.7 Å². The van der Waals surface area contributed by atoms with Crippen molar-refractivity contribution in [3.05, 3.63) is 28.2 Å². The summed E-state index contributed by atoms with van der Waals surface area (Å²) in [6, 6.07) is 5.61. The van der Waals surface area contributed by atoms with E-state index < -0.39 is 5.92 Å². The minimum Gasteiger partial charge on any atom is -0.339 e. The standard InChI is InChI=1S/C19H23Cl2N3O2/c20-16-5-4-13(11-17(16)21)24-8-6-15(19(24)26)18(25)23-10-9-22-7-2-1-3-14(22)12-23/h4-5,11,14-15H,1-3,6-10,12H2. The lowest BCUT2D eigenvalue weighted by Gasteiger charge is -2.44. The number of nitrogens with zero attached hydrogens (tertiary/aromatic N) is 3. The van der Waals surface area contributed by atoms with E-state index in [1.807, 2.05) is 4.90 Å². The average Bonchev–Trinajstić information content (AvgIpc) is 3.04. The van der Waals surface area contributed by atoms with Gasteiger partial charge in [-0.3, -0.25) is 14.5 Å². The van der Waals surface area contributed by atoms with Gasteiger partial charge in [0.1, 0.15) is 5.92 Å². The van der Waals surface area contributed by atoms with Crippen LogP contribution in [-0.4, -0.2) is 60.4 Å². The number of hydrogen-bond donors (Lipinski definition) is 0. The van der Waals surface area contributed by atoms with E-state index >= 15 is 0 Å². The van der Waals surface area contributed by atoms with Crippen LogP contribution in [0.15, 0.2) is 18.2 Å². The molecule has 0 spiro atoms. The maximum atomic E-state index is 13.0. The SMILES string of the molecule is O=C(C1CCN(c2ccc(Cl)c(Cl)c2)C1=O)N1CCN2CCCCC2C1. The number of hydrogen-bond acceptors (Lipinski definition) is 3. The fourth-order valence-corrected chi connectivity index (χ4v) is 4.69. The van der Waals surface area contributed by atoms with Crippen LogP contribution in [0.4, 0.5) is 5.69 Å². The molecular weight excluding hydrogens is 373 g/mol. The predicted molar refractivity (Wildman–Crippen MR) is 103 cm³/mol. The molecule has 3 fully saturated rings. The second-order valence-corrected chi connectivity index (χ2v) is 8.21. The van der Waals surface area contributed by atoms with E-state index in [-0.39, 0.29) is 11.8 Å². The van der Waals surface area contributed by atoms with Crippen molar-refractivity contribution in [1.29, 1.82) is 0 Å². The molecule has 1 aromatic carbocycles. The van der Waals surface area contributed by atoms with Crippen molar-refractivity contribution in [2.75, 3.05) is 37.6 Å². The van der Waals surface area contributed by atoms with Crippen LogP contribution in [0, 0.1) is 5.92 Å². The van der Waals surface area contributed by atoms with Gasteiger partial charge in [0.05, 0.1) is 10.0 Å². The number of anilines is 1. The number of carbonyl (C=O) groups is 2. The van der Waals surface area contributed by atoms with E-state index in [0.717, 1.165) is 32.6 Å². The van der Waals surface area contributed by atoms with Crippen LogP contribution in [0.3, 0.4) is 0 Å². The van der Waals surface area contributed by atoms with Gasteiger partial charge in [-0.25, -0.2) is 0 Å². The lowest BCUT2D eigenvalue weighted by atomic mass is 9.98. The van der Waals surface area contributed by atoms with E-state index in [1.54, 1.807) is 23.1 Å². The first-order valence-electron chi connectivity index (χ1n) is 9.34. The summed E-state index contributed by atoms with van der Waals surface area (Å²) in [5.74, 6) is -0.707. The van der Waals surface area contributed by atoms with Crippen LogP contribution in [0.25, 0.3) is 0 Å². The summed E-state index contributed by atoms with van der Waals surface area (Å²) in [6.07, 6.45) is 4.20. The van der Waals surface area contributed by atoms with Crippen molar-refractivity contribution in [3.8, 4) is 0 Å². The largest absolute Gasteiger partial charge is 0.339 e. The second kappa shape index (κ2) is 7.37. The molecule has 2 amide bonds. The number of rotatable bonds is 2. The highest BCUT2D eigenvalue weighted by Crippen LogP contribution is 2.32. The summed E-state index contributed by atoms with van der Waals surface area (Å²) in [5.41, 5.74) is 0.705. The van der Waals surface area contributed by atoms with Crippen LogP contribution in [0.1, 0.15) is 25.7 Å². The van der Waals surface area contributed by atoms with Crippen molar-refractivity contribution in [3.63, 3.8) is 0 Å². The molecule has 4 rings (SSSR count). The Hall–Kier alpha value is -1.30. The Bertz CT molecular complexity index is 727. The molecule has 0 radical (unpaired) electrons. The normalized spacial score (nSPS) is 26.9. The number of fused-ring (bicyclic) bond motifs is 1. The number of piperidine rings is 1. The molecule has 1 aromatic rings. The highest BCUT2D eigenvalue weighted by Gasteiger charge is 2.41. The van der Waals surface area contributed by atoms with E-state index in [2.05, 4.69) is 4.90 Å². The summed E-state index contributed by atoms with van der Waals surface area (Å²) in [7, 11) is 0. The molecule has 3 aliphatic heterocycles. The van der Waals surface area contributed by atoms with E-state index in [9.17, 15) is 9.59 Å². The van der Waals surface area contributed by atoms with Gasteiger partial charge >= 0.3 is 0 Å². The topological polar surface area (TPSA) is 43.9 Å². The zero-order chi connectivity index (χ0) is 18.3. The maximum absolute atomic E-state index is 13.0. The van der Waals surface area contributed by atoms with Crippen molar-refractivity contribution >= 4 is 40.7 Å². The molecule has 140 valence electrons. The molecule has 2 atom stereocenters. The maximum Gasteiger partial charge on any atom is 0.239 e. The molecule has 2 unspecified atom stereocenters. The molecule has 0 saturated carbocycles. The minimum absolute atomic E-state index is 0.0113. The molecule has 0 aromatic heterocycles. The molecule has 3 heterocycles. The highest BCUT2D eigenvalue weighted by molar-refractivity contribution is 6.42. The molecule has 0 N–H and O–H groups in total. The number of halogens is 2. The molecule has 5 nitrogen and oxygen atoms in total. The van der Waals surface area contributed by atoms with Crippen LogP contribution in [-0.2, 0) is 9.59 Å². The van der Waals surface area contributed by atoms with Gasteiger partial charge in [-0.1, -0.05) is 29.6 Å². The Morgan fingerprint density at radius 3 is 2.65 bits per heavy atom. The van der Waals surface area contributed by atoms with Gasteiger partial charge in [0.2, 0.25) is 11.8 Å². The van der Waals surface area contributed by atoms with Crippen LogP contribution < -0.4 is 4.90 Å². The van der Waals surface area contributed by atoms with Gasteiger partial charge in [0.15, 0.2) is 0 Å². The molecule has 26 heavy (non-hydrogen) atoms. The van der Waals surface area contributed by atoms with Gasteiger partial charge < -0.3 is 9.80 Å². The van der Waals surface area contributed by atoms with Crippen molar-refractivity contribution in [2.45, 2.75) is 31.7 Å². The van der Waals surface area contributed by atoms with Crippen LogP contribution >= 0.6 is 23.2 Å². The summed E-state index contributed by atoms with van der Waals surface area (Å²) in [4.78, 5) is 31.9. The zero-order valence-electron chi connectivity index (χ0n) is 14.7. The summed E-state index contributed by atoms with van der Waals surface area (Å²) in [6.45, 7) is 4.09. The quantitative estimate of drug-likeness (QED) is 0.722. The number of benzene rings is 1. The smallest absolute Gasteiger partial charge is 0.239 e. The summed E-state index contributed by atoms with van der Waals surface area (Å²) >= 11 is 12.0. The highest BCUT2D eigenvalue weighted by atomic mass is 35.5. The van der Waals surface area contributed by atoms with Crippen LogP contribution in [0.5, 0.6) is 0 Å². The molecular formula is C19H23Cl2N3O2. The van der Waals surface area contributed by atoms with Crippen LogP contribution in [0.2, 0.25) is 10.0 Å². The van der Waals surface area contributed by atoms with E-state index in [1.165, 1.54) is 12.8 Å². The summed E-state index contributed by atoms with van der Waals surface area (Å²) in [5, 5.41) is 0.875. The number of piperazine rings is 1. The summed E-state index contributed by atoms with van der Waals surface area (Å²) < 4.78 is 0. The monoisotopic (exact) mass is 395 g/mol. The van der Waals surface area contributed by atoms with Gasteiger partial charge in [-0.05, 0) is 44.0 Å². The van der Waals surface area contributed by atoms with Crippen molar-refractivity contribution in [2.24, 2.45) is 5.92 Å².